The lowest BCUT2D eigenvalue weighted by molar-refractivity contribution is 0.0915. The third-order valence-corrected chi connectivity index (χ3v) is 4.79. The van der Waals surface area contributed by atoms with Crippen molar-refractivity contribution in [2.24, 2.45) is 0 Å². The van der Waals surface area contributed by atoms with Gasteiger partial charge in [-0.25, -0.2) is 4.79 Å². The Morgan fingerprint density at radius 2 is 1.89 bits per heavy atom. The summed E-state index contributed by atoms with van der Waals surface area (Å²) in [4.78, 5) is 26.3. The van der Waals surface area contributed by atoms with E-state index in [4.69, 9.17) is 5.26 Å². The highest BCUT2D eigenvalue weighted by Crippen LogP contribution is 2.24. The summed E-state index contributed by atoms with van der Waals surface area (Å²) in [5.41, 5.74) is 3.65. The Hall–Kier alpha value is -3.37. The van der Waals surface area contributed by atoms with Crippen molar-refractivity contribution in [2.75, 3.05) is 11.9 Å². The molecule has 0 radical (unpaired) electrons. The maximum absolute atomic E-state index is 12.5. The van der Waals surface area contributed by atoms with Gasteiger partial charge in [-0.2, -0.15) is 5.26 Å². The third-order valence-electron chi connectivity index (χ3n) is 4.79. The number of aliphatic hydroxyl groups excluding tert-OH is 1. The van der Waals surface area contributed by atoms with Crippen LogP contribution in [0.15, 0.2) is 42.5 Å². The third kappa shape index (κ3) is 4.30. The van der Waals surface area contributed by atoms with Crippen molar-refractivity contribution >= 4 is 17.6 Å². The first kappa shape index (κ1) is 19.4. The van der Waals surface area contributed by atoms with Crippen molar-refractivity contribution in [3.05, 3.63) is 64.7 Å². The molecule has 0 aromatic heterocycles. The maximum Gasteiger partial charge on any atom is 0.322 e. The monoisotopic (exact) mass is 378 g/mol. The number of nitrogens with zero attached hydrogens (tertiary/aromatic N) is 2. The van der Waals surface area contributed by atoms with Gasteiger partial charge in [-0.05, 0) is 53.9 Å². The minimum absolute atomic E-state index is 0.107. The molecule has 2 aromatic carbocycles. The van der Waals surface area contributed by atoms with Gasteiger partial charge in [-0.15, -0.1) is 0 Å². The summed E-state index contributed by atoms with van der Waals surface area (Å²) in [5, 5.41) is 23.7. The van der Waals surface area contributed by atoms with Crippen LogP contribution in [0, 0.1) is 11.3 Å². The van der Waals surface area contributed by atoms with Crippen LogP contribution in [0.2, 0.25) is 0 Å². The molecule has 0 unspecified atom stereocenters. The second kappa shape index (κ2) is 8.55. The topological polar surface area (TPSA) is 105 Å². The smallest absolute Gasteiger partial charge is 0.322 e. The lowest BCUT2D eigenvalue weighted by Crippen LogP contribution is -2.36. The zero-order valence-corrected chi connectivity index (χ0v) is 15.6. The number of hydrogen-bond acceptors (Lipinski definition) is 4. The molecule has 7 heteroatoms. The number of carbonyl (C=O) groups excluding carboxylic acids is 2. The number of nitrogens with one attached hydrogen (secondary N) is 2. The fourth-order valence-corrected chi connectivity index (χ4v) is 3.06. The number of amides is 3. The number of carbonyl (C=O) groups is 2. The Morgan fingerprint density at radius 1 is 1.18 bits per heavy atom. The zero-order chi connectivity index (χ0) is 20.1. The van der Waals surface area contributed by atoms with Crippen LogP contribution in [-0.2, 0) is 13.1 Å². The first-order valence-corrected chi connectivity index (χ1v) is 9.13. The summed E-state index contributed by atoms with van der Waals surface area (Å²) in [6.45, 7) is 2.73. The molecule has 28 heavy (non-hydrogen) atoms. The standard InChI is InChI=1S/C21H22N4O3/c1-2-18(13-26)23-20(27)15-5-7-19(8-6-15)24-21(28)25-11-16-4-3-14(10-22)9-17(16)12-25/h3-9,18,26H,2,11-13H2,1H3,(H,23,27)(H,24,28)/t18-/m0/s1. The number of nitriles is 1. The van der Waals surface area contributed by atoms with Gasteiger partial charge in [0.1, 0.15) is 0 Å². The zero-order valence-electron chi connectivity index (χ0n) is 15.6. The number of rotatable bonds is 5. The van der Waals surface area contributed by atoms with Crippen molar-refractivity contribution in [2.45, 2.75) is 32.5 Å². The molecule has 1 aliphatic heterocycles. The van der Waals surface area contributed by atoms with E-state index in [9.17, 15) is 14.7 Å². The van der Waals surface area contributed by atoms with E-state index in [0.29, 0.717) is 36.3 Å². The average molecular weight is 378 g/mol. The Bertz CT molecular complexity index is 914. The van der Waals surface area contributed by atoms with E-state index in [1.54, 1.807) is 35.2 Å². The first-order valence-electron chi connectivity index (χ1n) is 9.13. The molecular weight excluding hydrogens is 356 g/mol. The normalized spacial score (nSPS) is 13.4. The second-order valence-electron chi connectivity index (χ2n) is 6.72. The largest absolute Gasteiger partial charge is 0.394 e. The predicted octanol–water partition coefficient (Wildman–Crippen LogP) is 2.61. The van der Waals surface area contributed by atoms with E-state index in [-0.39, 0.29) is 24.6 Å². The van der Waals surface area contributed by atoms with E-state index in [2.05, 4.69) is 16.7 Å². The van der Waals surface area contributed by atoms with Crippen LogP contribution in [0.4, 0.5) is 10.5 Å². The quantitative estimate of drug-likeness (QED) is 0.744. The highest BCUT2D eigenvalue weighted by molar-refractivity contribution is 5.95. The van der Waals surface area contributed by atoms with Crippen LogP contribution in [0.3, 0.4) is 0 Å². The van der Waals surface area contributed by atoms with Crippen molar-refractivity contribution in [1.82, 2.24) is 10.2 Å². The van der Waals surface area contributed by atoms with E-state index < -0.39 is 0 Å². The van der Waals surface area contributed by atoms with E-state index >= 15 is 0 Å². The number of benzene rings is 2. The van der Waals surface area contributed by atoms with Crippen LogP contribution >= 0.6 is 0 Å². The lowest BCUT2D eigenvalue weighted by Gasteiger charge is -2.17. The number of aliphatic hydroxyl groups is 1. The van der Waals surface area contributed by atoms with Crippen LogP contribution in [0.1, 0.15) is 40.4 Å². The molecule has 1 atom stereocenters. The van der Waals surface area contributed by atoms with Crippen molar-refractivity contribution < 1.29 is 14.7 Å². The Balaban J connectivity index is 1.59. The van der Waals surface area contributed by atoms with Gasteiger partial charge in [-0.1, -0.05) is 13.0 Å². The minimum atomic E-state index is -0.273. The van der Waals surface area contributed by atoms with Crippen LogP contribution in [0.5, 0.6) is 0 Å². The molecule has 7 nitrogen and oxygen atoms in total. The fourth-order valence-electron chi connectivity index (χ4n) is 3.06. The van der Waals surface area contributed by atoms with E-state index in [1.165, 1.54) is 0 Å². The molecular formula is C21H22N4O3. The van der Waals surface area contributed by atoms with Gasteiger partial charge in [0.15, 0.2) is 0 Å². The second-order valence-corrected chi connectivity index (χ2v) is 6.72. The van der Waals surface area contributed by atoms with Crippen molar-refractivity contribution in [1.29, 1.82) is 5.26 Å². The molecule has 1 heterocycles. The average Bonchev–Trinajstić information content (AvgIpc) is 3.15. The van der Waals surface area contributed by atoms with Gasteiger partial charge in [-0.3, -0.25) is 4.79 Å². The molecule has 1 aliphatic rings. The molecule has 3 N–H and O–H groups in total. The van der Waals surface area contributed by atoms with Crippen molar-refractivity contribution in [3.63, 3.8) is 0 Å². The highest BCUT2D eigenvalue weighted by atomic mass is 16.3. The summed E-state index contributed by atoms with van der Waals surface area (Å²) in [7, 11) is 0. The molecule has 2 aromatic rings. The molecule has 0 saturated carbocycles. The van der Waals surface area contributed by atoms with Gasteiger partial charge in [0.2, 0.25) is 0 Å². The predicted molar refractivity (Wildman–Crippen MR) is 104 cm³/mol. The molecule has 144 valence electrons. The number of anilines is 1. The number of urea groups is 1. The SMILES string of the molecule is CC[C@@H](CO)NC(=O)c1ccc(NC(=O)N2Cc3ccc(C#N)cc3C2)cc1. The molecule has 0 aliphatic carbocycles. The Kier molecular flexibility index (Phi) is 5.92. The molecule has 0 saturated heterocycles. The fraction of sp³-hybridized carbons (Fsp3) is 0.286. The van der Waals surface area contributed by atoms with Gasteiger partial charge in [0.25, 0.3) is 5.91 Å². The van der Waals surface area contributed by atoms with Crippen LogP contribution in [0.25, 0.3) is 0 Å². The highest BCUT2D eigenvalue weighted by Gasteiger charge is 2.23. The first-order chi connectivity index (χ1) is 13.5. The van der Waals surface area contributed by atoms with Crippen molar-refractivity contribution in [3.8, 4) is 6.07 Å². The van der Waals surface area contributed by atoms with E-state index in [0.717, 1.165) is 11.1 Å². The lowest BCUT2D eigenvalue weighted by atomic mass is 10.1. The maximum atomic E-state index is 12.5. The Labute approximate surface area is 163 Å². The van der Waals surface area contributed by atoms with E-state index in [1.807, 2.05) is 19.1 Å². The summed E-state index contributed by atoms with van der Waals surface area (Å²) in [6.07, 6.45) is 0.643. The van der Waals surface area contributed by atoms with Crippen LogP contribution < -0.4 is 10.6 Å². The molecule has 3 amide bonds. The molecule has 3 rings (SSSR count). The van der Waals surface area contributed by atoms with Gasteiger partial charge in [0, 0.05) is 24.3 Å². The number of hydrogen-bond donors (Lipinski definition) is 3. The summed E-state index contributed by atoms with van der Waals surface area (Å²) < 4.78 is 0. The van der Waals surface area contributed by atoms with Gasteiger partial charge in [0.05, 0.1) is 24.3 Å². The van der Waals surface area contributed by atoms with Gasteiger partial charge >= 0.3 is 6.03 Å². The Morgan fingerprint density at radius 3 is 2.54 bits per heavy atom. The number of fused-ring (bicyclic) bond motifs is 1. The molecule has 0 fully saturated rings. The van der Waals surface area contributed by atoms with Gasteiger partial charge < -0.3 is 20.6 Å². The summed E-state index contributed by atoms with van der Waals surface area (Å²) >= 11 is 0. The molecule has 0 spiro atoms. The minimum Gasteiger partial charge on any atom is -0.394 e. The summed E-state index contributed by atoms with van der Waals surface area (Å²) in [6, 6.07) is 13.6. The van der Waals surface area contributed by atoms with Crippen LogP contribution in [-0.4, -0.2) is 34.6 Å². The summed E-state index contributed by atoms with van der Waals surface area (Å²) in [5.74, 6) is -0.262. The molecule has 0 bridgehead atoms.